The SMILES string of the molecule is COc1cccc(CC(=O)NN=Cc2[c]cccc2)c1. The summed E-state index contributed by atoms with van der Waals surface area (Å²) >= 11 is 0. The van der Waals surface area contributed by atoms with Crippen molar-refractivity contribution in [3.63, 3.8) is 0 Å². The van der Waals surface area contributed by atoms with Crippen LogP contribution in [0, 0.1) is 6.07 Å². The molecule has 0 saturated carbocycles. The minimum Gasteiger partial charge on any atom is -0.497 e. The number of nitrogens with one attached hydrogen (secondary N) is 1. The van der Waals surface area contributed by atoms with Crippen LogP contribution in [0.3, 0.4) is 0 Å². The predicted molar refractivity (Wildman–Crippen MR) is 77.7 cm³/mol. The van der Waals surface area contributed by atoms with Gasteiger partial charge in [-0.25, -0.2) is 5.43 Å². The quantitative estimate of drug-likeness (QED) is 0.667. The molecular weight excluding hydrogens is 252 g/mol. The van der Waals surface area contributed by atoms with E-state index in [1.54, 1.807) is 19.4 Å². The van der Waals surface area contributed by atoms with Gasteiger partial charge in [0.2, 0.25) is 5.91 Å². The molecule has 0 aromatic heterocycles. The van der Waals surface area contributed by atoms with Crippen molar-refractivity contribution in [3.8, 4) is 5.75 Å². The third kappa shape index (κ3) is 4.24. The second kappa shape index (κ2) is 7.09. The molecule has 0 unspecified atom stereocenters. The lowest BCUT2D eigenvalue weighted by molar-refractivity contribution is -0.120. The predicted octanol–water partition coefficient (Wildman–Crippen LogP) is 2.19. The molecule has 2 aromatic carbocycles. The number of methoxy groups -OCH3 is 1. The molecule has 101 valence electrons. The summed E-state index contributed by atoms with van der Waals surface area (Å²) in [5.74, 6) is 0.558. The van der Waals surface area contributed by atoms with E-state index in [9.17, 15) is 4.79 Å². The second-order valence-electron chi connectivity index (χ2n) is 4.14. The van der Waals surface area contributed by atoms with E-state index in [4.69, 9.17) is 4.74 Å². The van der Waals surface area contributed by atoms with Crippen LogP contribution in [0.1, 0.15) is 11.1 Å². The molecule has 0 atom stereocenters. The molecule has 20 heavy (non-hydrogen) atoms. The number of nitrogens with zero attached hydrogens (tertiary/aromatic N) is 1. The number of hydrazone groups is 1. The van der Waals surface area contributed by atoms with Crippen LogP contribution in [-0.2, 0) is 11.2 Å². The molecule has 0 heterocycles. The van der Waals surface area contributed by atoms with Crippen LogP contribution >= 0.6 is 0 Å². The van der Waals surface area contributed by atoms with Gasteiger partial charge in [-0.05, 0) is 23.8 Å². The van der Waals surface area contributed by atoms with E-state index in [-0.39, 0.29) is 12.3 Å². The van der Waals surface area contributed by atoms with Crippen molar-refractivity contribution in [2.45, 2.75) is 6.42 Å². The van der Waals surface area contributed by atoms with Crippen molar-refractivity contribution in [1.82, 2.24) is 5.43 Å². The summed E-state index contributed by atoms with van der Waals surface area (Å²) in [6, 6.07) is 17.8. The van der Waals surface area contributed by atoms with E-state index in [0.717, 1.165) is 16.9 Å². The fraction of sp³-hybridized carbons (Fsp3) is 0.125. The average Bonchev–Trinajstić information content (AvgIpc) is 2.48. The maximum absolute atomic E-state index is 11.7. The maximum atomic E-state index is 11.7. The largest absolute Gasteiger partial charge is 0.497 e. The molecule has 4 heteroatoms. The molecule has 0 spiro atoms. The standard InChI is InChI=1S/C16H15N2O2/c1-20-15-9-5-8-14(10-15)11-16(19)18-17-12-13-6-3-2-4-7-13/h2-6,8-10,12H,11H2,1H3,(H,18,19). The summed E-state index contributed by atoms with van der Waals surface area (Å²) < 4.78 is 5.11. The lowest BCUT2D eigenvalue weighted by Crippen LogP contribution is -2.19. The first-order valence-electron chi connectivity index (χ1n) is 6.19. The molecule has 2 rings (SSSR count). The van der Waals surface area contributed by atoms with E-state index in [0.29, 0.717) is 0 Å². The van der Waals surface area contributed by atoms with Gasteiger partial charge in [0.15, 0.2) is 0 Å². The molecule has 1 N–H and O–H groups in total. The van der Waals surface area contributed by atoms with Gasteiger partial charge in [0.25, 0.3) is 0 Å². The minimum absolute atomic E-state index is 0.176. The van der Waals surface area contributed by atoms with Crippen molar-refractivity contribution in [1.29, 1.82) is 0 Å². The maximum Gasteiger partial charge on any atom is 0.244 e. The Hall–Kier alpha value is -2.62. The number of amides is 1. The van der Waals surface area contributed by atoms with E-state index in [1.165, 1.54) is 0 Å². The van der Waals surface area contributed by atoms with Crippen LogP contribution in [0.15, 0.2) is 53.6 Å². The van der Waals surface area contributed by atoms with Crippen LogP contribution in [0.2, 0.25) is 0 Å². The van der Waals surface area contributed by atoms with Crippen molar-refractivity contribution >= 4 is 12.1 Å². The minimum atomic E-state index is -0.176. The third-order valence-electron chi connectivity index (χ3n) is 2.62. The number of hydrogen-bond donors (Lipinski definition) is 1. The molecule has 0 saturated heterocycles. The molecular formula is C16H15N2O2. The topological polar surface area (TPSA) is 50.7 Å². The molecule has 0 aliphatic carbocycles. The zero-order chi connectivity index (χ0) is 14.2. The van der Waals surface area contributed by atoms with Crippen LogP contribution in [-0.4, -0.2) is 19.2 Å². The molecule has 0 fully saturated rings. The zero-order valence-corrected chi connectivity index (χ0v) is 11.2. The molecule has 0 bridgehead atoms. The summed E-state index contributed by atoms with van der Waals surface area (Å²) in [4.78, 5) is 11.7. The molecule has 2 aromatic rings. The van der Waals surface area contributed by atoms with Gasteiger partial charge in [-0.15, -0.1) is 0 Å². The van der Waals surface area contributed by atoms with Crippen LogP contribution in [0.5, 0.6) is 5.75 Å². The Morgan fingerprint density at radius 1 is 1.35 bits per heavy atom. The Morgan fingerprint density at radius 2 is 2.25 bits per heavy atom. The Labute approximate surface area is 118 Å². The lowest BCUT2D eigenvalue weighted by Gasteiger charge is -2.03. The van der Waals surface area contributed by atoms with E-state index in [2.05, 4.69) is 16.6 Å². The summed E-state index contributed by atoms with van der Waals surface area (Å²) in [6.07, 6.45) is 1.82. The summed E-state index contributed by atoms with van der Waals surface area (Å²) in [7, 11) is 1.60. The second-order valence-corrected chi connectivity index (χ2v) is 4.14. The highest BCUT2D eigenvalue weighted by molar-refractivity contribution is 5.83. The van der Waals surface area contributed by atoms with Crippen molar-refractivity contribution in [3.05, 3.63) is 65.7 Å². The number of hydrogen-bond acceptors (Lipinski definition) is 3. The highest BCUT2D eigenvalue weighted by Crippen LogP contribution is 2.12. The number of carbonyl (C=O) groups excluding carboxylic acids is 1. The monoisotopic (exact) mass is 267 g/mol. The van der Waals surface area contributed by atoms with Crippen molar-refractivity contribution in [2.75, 3.05) is 7.11 Å². The molecule has 0 aliphatic heterocycles. The molecule has 1 radical (unpaired) electrons. The highest BCUT2D eigenvalue weighted by atomic mass is 16.5. The van der Waals surface area contributed by atoms with Crippen LogP contribution in [0.4, 0.5) is 0 Å². The van der Waals surface area contributed by atoms with Gasteiger partial charge in [-0.3, -0.25) is 4.79 Å². The number of rotatable bonds is 5. The Kier molecular flexibility index (Phi) is 4.89. The smallest absolute Gasteiger partial charge is 0.244 e. The zero-order valence-electron chi connectivity index (χ0n) is 11.2. The van der Waals surface area contributed by atoms with Gasteiger partial charge in [0.1, 0.15) is 5.75 Å². The van der Waals surface area contributed by atoms with Crippen LogP contribution in [0.25, 0.3) is 0 Å². The number of ether oxygens (including phenoxy) is 1. The number of benzene rings is 2. The summed E-state index contributed by atoms with van der Waals surface area (Å²) in [5, 5.41) is 3.89. The third-order valence-corrected chi connectivity index (χ3v) is 2.62. The first kappa shape index (κ1) is 13.8. The Bertz CT molecular complexity index is 594. The first-order chi connectivity index (χ1) is 9.78. The van der Waals surface area contributed by atoms with Crippen molar-refractivity contribution < 1.29 is 9.53 Å². The normalized spacial score (nSPS) is 10.4. The van der Waals surface area contributed by atoms with Gasteiger partial charge in [0, 0.05) is 5.56 Å². The average molecular weight is 267 g/mol. The first-order valence-corrected chi connectivity index (χ1v) is 6.19. The van der Waals surface area contributed by atoms with Gasteiger partial charge in [-0.1, -0.05) is 36.4 Å². The van der Waals surface area contributed by atoms with E-state index < -0.39 is 0 Å². The Balaban J connectivity index is 1.88. The highest BCUT2D eigenvalue weighted by Gasteiger charge is 2.03. The van der Waals surface area contributed by atoms with E-state index >= 15 is 0 Å². The summed E-state index contributed by atoms with van der Waals surface area (Å²) in [5.41, 5.74) is 4.18. The van der Waals surface area contributed by atoms with Gasteiger partial charge in [0.05, 0.1) is 19.7 Å². The van der Waals surface area contributed by atoms with Gasteiger partial charge in [-0.2, -0.15) is 5.10 Å². The van der Waals surface area contributed by atoms with E-state index in [1.807, 2.05) is 42.5 Å². The molecule has 1 amide bonds. The molecule has 0 aliphatic rings. The van der Waals surface area contributed by atoms with Crippen LogP contribution < -0.4 is 10.2 Å². The summed E-state index contributed by atoms with van der Waals surface area (Å²) in [6.45, 7) is 0. The Morgan fingerprint density at radius 3 is 3.00 bits per heavy atom. The lowest BCUT2D eigenvalue weighted by atomic mass is 10.1. The fourth-order valence-electron chi connectivity index (χ4n) is 1.67. The van der Waals surface area contributed by atoms with Gasteiger partial charge < -0.3 is 4.74 Å². The van der Waals surface area contributed by atoms with Gasteiger partial charge >= 0.3 is 0 Å². The van der Waals surface area contributed by atoms with Crippen molar-refractivity contribution in [2.24, 2.45) is 5.10 Å². The number of carbonyl (C=O) groups is 1. The molecule has 4 nitrogen and oxygen atoms in total. The fourth-order valence-corrected chi connectivity index (χ4v) is 1.67.